The number of hydrogen-bond donors (Lipinski definition) is 1. The minimum Gasteiger partial charge on any atom is -0.455 e. The molecule has 1 amide bonds. The zero-order valence-corrected chi connectivity index (χ0v) is 15.9. The van der Waals surface area contributed by atoms with Crippen molar-refractivity contribution in [3.8, 4) is 0 Å². The predicted molar refractivity (Wildman–Crippen MR) is 99.9 cm³/mol. The summed E-state index contributed by atoms with van der Waals surface area (Å²) < 4.78 is 45.0. The number of benzene rings is 1. The van der Waals surface area contributed by atoms with Gasteiger partial charge in [-0.3, -0.25) is 9.69 Å². The normalized spacial score (nSPS) is 18.2. The highest BCUT2D eigenvalue weighted by molar-refractivity contribution is 5.91. The number of rotatable bonds is 6. The van der Waals surface area contributed by atoms with Gasteiger partial charge in [0.05, 0.1) is 12.1 Å². The topological polar surface area (TPSA) is 45.5 Å². The second-order valence-corrected chi connectivity index (χ2v) is 7.28. The molecule has 0 saturated carbocycles. The molecule has 2 heterocycles. The lowest BCUT2D eigenvalue weighted by Crippen LogP contribution is -2.35. The molecule has 28 heavy (non-hydrogen) atoms. The average molecular weight is 394 g/mol. The Kier molecular flexibility index (Phi) is 6.44. The third-order valence-corrected chi connectivity index (χ3v) is 5.24. The standard InChI is InChI=1S/C21H25F3N2O2/c1-25-20(27)19-11-10-17(28-19)14-26-12-4-5-15(13-26)8-9-16-6-2-3-7-18(16)21(22,23)24/h2-3,6-7,10-11,15H,4-5,8-9,12-14H2,1H3,(H,25,27). The maximum Gasteiger partial charge on any atom is 0.416 e. The van der Waals surface area contributed by atoms with Crippen LogP contribution in [0.25, 0.3) is 0 Å². The van der Waals surface area contributed by atoms with Crippen LogP contribution in [-0.4, -0.2) is 30.9 Å². The molecule has 7 heteroatoms. The van der Waals surface area contributed by atoms with E-state index in [1.807, 2.05) is 0 Å². The first kappa shape index (κ1) is 20.5. The van der Waals surface area contributed by atoms with Crippen molar-refractivity contribution in [1.82, 2.24) is 10.2 Å². The van der Waals surface area contributed by atoms with Gasteiger partial charge >= 0.3 is 6.18 Å². The summed E-state index contributed by atoms with van der Waals surface area (Å²) in [4.78, 5) is 13.8. The lowest BCUT2D eigenvalue weighted by molar-refractivity contribution is -0.138. The van der Waals surface area contributed by atoms with Gasteiger partial charge in [-0.05, 0) is 61.9 Å². The number of hydrogen-bond acceptors (Lipinski definition) is 3. The largest absolute Gasteiger partial charge is 0.455 e. The molecule has 1 N–H and O–H groups in total. The highest BCUT2D eigenvalue weighted by atomic mass is 19.4. The van der Waals surface area contributed by atoms with E-state index in [2.05, 4.69) is 10.2 Å². The lowest BCUT2D eigenvalue weighted by Gasteiger charge is -2.32. The van der Waals surface area contributed by atoms with E-state index in [4.69, 9.17) is 4.42 Å². The van der Waals surface area contributed by atoms with Crippen LogP contribution < -0.4 is 5.32 Å². The summed E-state index contributed by atoms with van der Waals surface area (Å²) in [7, 11) is 1.55. The average Bonchev–Trinajstić information content (AvgIpc) is 3.14. The zero-order valence-electron chi connectivity index (χ0n) is 15.9. The quantitative estimate of drug-likeness (QED) is 0.785. The summed E-state index contributed by atoms with van der Waals surface area (Å²) in [5, 5.41) is 2.53. The maximum atomic E-state index is 13.2. The molecule has 1 atom stereocenters. The van der Waals surface area contributed by atoms with Crippen molar-refractivity contribution in [2.75, 3.05) is 20.1 Å². The SMILES string of the molecule is CNC(=O)c1ccc(CN2CCCC(CCc3ccccc3C(F)(F)F)C2)o1. The summed E-state index contributed by atoms with van der Waals surface area (Å²) >= 11 is 0. The molecule has 4 nitrogen and oxygen atoms in total. The van der Waals surface area contributed by atoms with Gasteiger partial charge in [0, 0.05) is 13.6 Å². The Morgan fingerprint density at radius 3 is 2.79 bits per heavy atom. The third-order valence-electron chi connectivity index (χ3n) is 5.24. The van der Waals surface area contributed by atoms with Gasteiger partial charge in [-0.1, -0.05) is 18.2 Å². The first-order chi connectivity index (χ1) is 13.4. The number of amides is 1. The molecule has 2 aromatic rings. The maximum absolute atomic E-state index is 13.2. The summed E-state index contributed by atoms with van der Waals surface area (Å²) in [6, 6.07) is 9.29. The van der Waals surface area contributed by atoms with E-state index in [0.717, 1.165) is 44.2 Å². The zero-order chi connectivity index (χ0) is 20.1. The van der Waals surface area contributed by atoms with Gasteiger partial charge in [0.2, 0.25) is 0 Å². The number of aryl methyl sites for hydroxylation is 1. The van der Waals surface area contributed by atoms with Crippen molar-refractivity contribution >= 4 is 5.91 Å². The second kappa shape index (κ2) is 8.82. The van der Waals surface area contributed by atoms with Gasteiger partial charge in [0.1, 0.15) is 5.76 Å². The molecule has 1 aliphatic rings. The number of halogens is 3. The van der Waals surface area contributed by atoms with Crippen molar-refractivity contribution in [2.24, 2.45) is 5.92 Å². The van der Waals surface area contributed by atoms with E-state index >= 15 is 0 Å². The second-order valence-electron chi connectivity index (χ2n) is 7.28. The summed E-state index contributed by atoms with van der Waals surface area (Å²) in [6.07, 6.45) is -1.13. The molecule has 1 aromatic heterocycles. The third kappa shape index (κ3) is 5.16. The summed E-state index contributed by atoms with van der Waals surface area (Å²) in [5.74, 6) is 1.10. The first-order valence-electron chi connectivity index (χ1n) is 9.55. The first-order valence-corrected chi connectivity index (χ1v) is 9.55. The molecular weight excluding hydrogens is 369 g/mol. The fourth-order valence-electron chi connectivity index (χ4n) is 3.83. The molecule has 152 valence electrons. The van der Waals surface area contributed by atoms with Crippen molar-refractivity contribution in [3.05, 3.63) is 59.0 Å². The van der Waals surface area contributed by atoms with E-state index < -0.39 is 11.7 Å². The molecule has 3 rings (SSSR count). The molecular formula is C21H25F3N2O2. The van der Waals surface area contributed by atoms with Crippen molar-refractivity contribution in [2.45, 2.75) is 38.4 Å². The fraction of sp³-hybridized carbons (Fsp3) is 0.476. The molecule has 0 bridgehead atoms. The van der Waals surface area contributed by atoms with Crippen LogP contribution in [0, 0.1) is 5.92 Å². The van der Waals surface area contributed by atoms with Gasteiger partial charge in [-0.15, -0.1) is 0 Å². The van der Waals surface area contributed by atoms with E-state index in [0.29, 0.717) is 24.4 Å². The predicted octanol–water partition coefficient (Wildman–Crippen LogP) is 4.50. The van der Waals surface area contributed by atoms with Gasteiger partial charge in [-0.2, -0.15) is 13.2 Å². The number of furan rings is 1. The highest BCUT2D eigenvalue weighted by Gasteiger charge is 2.33. The van der Waals surface area contributed by atoms with Crippen LogP contribution in [-0.2, 0) is 19.1 Å². The van der Waals surface area contributed by atoms with Crippen LogP contribution >= 0.6 is 0 Å². The Hall–Kier alpha value is -2.28. The number of nitrogens with one attached hydrogen (secondary N) is 1. The van der Waals surface area contributed by atoms with E-state index in [9.17, 15) is 18.0 Å². The van der Waals surface area contributed by atoms with E-state index in [1.165, 1.54) is 6.07 Å². The molecule has 0 spiro atoms. The summed E-state index contributed by atoms with van der Waals surface area (Å²) in [5.41, 5.74) is -0.159. The van der Waals surface area contributed by atoms with E-state index in [-0.39, 0.29) is 11.7 Å². The van der Waals surface area contributed by atoms with Crippen LogP contribution in [0.4, 0.5) is 13.2 Å². The molecule has 1 aromatic carbocycles. The molecule has 0 aliphatic carbocycles. The Balaban J connectivity index is 1.56. The van der Waals surface area contributed by atoms with Crippen LogP contribution in [0.5, 0.6) is 0 Å². The Morgan fingerprint density at radius 1 is 1.25 bits per heavy atom. The lowest BCUT2D eigenvalue weighted by atomic mass is 9.90. The smallest absolute Gasteiger partial charge is 0.416 e. The minimum absolute atomic E-state index is 0.258. The number of piperidine rings is 1. The van der Waals surface area contributed by atoms with Gasteiger partial charge in [-0.25, -0.2) is 0 Å². The minimum atomic E-state index is -4.31. The fourth-order valence-corrected chi connectivity index (χ4v) is 3.83. The Labute approximate surface area is 162 Å². The Bertz CT molecular complexity index is 801. The van der Waals surface area contributed by atoms with Crippen molar-refractivity contribution in [3.63, 3.8) is 0 Å². The van der Waals surface area contributed by atoms with Gasteiger partial charge in [0.15, 0.2) is 5.76 Å². The van der Waals surface area contributed by atoms with E-state index in [1.54, 1.807) is 31.3 Å². The molecule has 1 unspecified atom stereocenters. The molecule has 1 aliphatic heterocycles. The van der Waals surface area contributed by atoms with Crippen LogP contribution in [0.15, 0.2) is 40.8 Å². The number of nitrogens with zero attached hydrogens (tertiary/aromatic N) is 1. The van der Waals surface area contributed by atoms with Gasteiger partial charge < -0.3 is 9.73 Å². The van der Waals surface area contributed by atoms with Crippen LogP contribution in [0.2, 0.25) is 0 Å². The molecule has 1 saturated heterocycles. The number of likely N-dealkylation sites (tertiary alicyclic amines) is 1. The summed E-state index contributed by atoms with van der Waals surface area (Å²) in [6.45, 7) is 2.35. The Morgan fingerprint density at radius 2 is 2.04 bits per heavy atom. The van der Waals surface area contributed by atoms with Crippen molar-refractivity contribution in [1.29, 1.82) is 0 Å². The molecule has 1 fully saturated rings. The highest BCUT2D eigenvalue weighted by Crippen LogP contribution is 2.33. The van der Waals surface area contributed by atoms with Crippen LogP contribution in [0.3, 0.4) is 0 Å². The van der Waals surface area contributed by atoms with Crippen molar-refractivity contribution < 1.29 is 22.4 Å². The number of alkyl halides is 3. The van der Waals surface area contributed by atoms with Gasteiger partial charge in [0.25, 0.3) is 5.91 Å². The number of carbonyl (C=O) groups excluding carboxylic acids is 1. The monoisotopic (exact) mass is 394 g/mol. The van der Waals surface area contributed by atoms with Crippen LogP contribution in [0.1, 0.15) is 46.7 Å². The molecule has 0 radical (unpaired) electrons. The number of carbonyl (C=O) groups is 1.